The summed E-state index contributed by atoms with van der Waals surface area (Å²) < 4.78 is 1.71. The third kappa shape index (κ3) is 3.67. The molecule has 2 saturated carbocycles. The molecule has 1 N–H and O–H groups in total. The lowest BCUT2D eigenvalue weighted by atomic mass is 9.75. The van der Waals surface area contributed by atoms with Crippen molar-refractivity contribution < 1.29 is 4.79 Å². The lowest BCUT2D eigenvalue weighted by Crippen LogP contribution is -2.34. The summed E-state index contributed by atoms with van der Waals surface area (Å²) in [4.78, 5) is 27.2. The van der Waals surface area contributed by atoms with E-state index in [-0.39, 0.29) is 23.2 Å². The van der Waals surface area contributed by atoms with Gasteiger partial charge in [-0.15, -0.1) is 11.8 Å². The summed E-state index contributed by atoms with van der Waals surface area (Å²) in [6.07, 6.45) is 3.86. The smallest absolute Gasteiger partial charge is 0.308 e. The van der Waals surface area contributed by atoms with Crippen LogP contribution in [-0.4, -0.2) is 15.7 Å². The van der Waals surface area contributed by atoms with Crippen molar-refractivity contribution in [1.82, 2.24) is 4.57 Å². The Hall–Kier alpha value is -2.02. The predicted octanol–water partition coefficient (Wildman–Crippen LogP) is 6.16. The van der Waals surface area contributed by atoms with E-state index >= 15 is 0 Å². The number of aromatic nitrogens is 1. The Labute approximate surface area is 206 Å². The fourth-order valence-electron chi connectivity index (χ4n) is 6.18. The molecule has 3 aliphatic rings. The minimum Gasteiger partial charge on any atom is -0.324 e. The van der Waals surface area contributed by atoms with E-state index in [1.807, 2.05) is 55.1 Å². The number of amides is 1. The van der Waals surface area contributed by atoms with E-state index in [1.54, 1.807) is 4.57 Å². The molecule has 0 spiro atoms. The van der Waals surface area contributed by atoms with Crippen molar-refractivity contribution in [3.05, 3.63) is 79.2 Å². The standard InChI is InChI=1S/C26H25ClN2O2S2/c1-14-4-2-3-5-19(14)28-20(30)13-29-25-24(33-26(29)31)21(15-8-10-18(27)11-9-15)22-16-6-7-17(12-16)23(22)32-25/h2-5,8-11,16-17,21-23H,6-7,12-13H2,1H3,(H,28,30)/t16?,17?,21-,22?,23?/m0/s1. The van der Waals surface area contributed by atoms with E-state index in [9.17, 15) is 9.59 Å². The van der Waals surface area contributed by atoms with Crippen LogP contribution in [0.4, 0.5) is 5.69 Å². The first-order valence-corrected chi connectivity index (χ1v) is 13.6. The molecule has 4 nitrogen and oxygen atoms in total. The van der Waals surface area contributed by atoms with Gasteiger partial charge in [0.25, 0.3) is 0 Å². The third-order valence-electron chi connectivity index (χ3n) is 7.64. The second-order valence-electron chi connectivity index (χ2n) is 9.51. The monoisotopic (exact) mass is 496 g/mol. The molecule has 0 saturated heterocycles. The molecule has 1 aliphatic heterocycles. The minimum absolute atomic E-state index is 0.0429. The fraction of sp³-hybridized carbons (Fsp3) is 0.385. The highest BCUT2D eigenvalue weighted by molar-refractivity contribution is 8.00. The molecule has 1 amide bonds. The molecule has 33 heavy (non-hydrogen) atoms. The molecule has 2 aliphatic carbocycles. The molecule has 6 rings (SSSR count). The topological polar surface area (TPSA) is 51.1 Å². The summed E-state index contributed by atoms with van der Waals surface area (Å²) in [5, 5.41) is 5.23. The maximum absolute atomic E-state index is 13.2. The lowest BCUT2D eigenvalue weighted by molar-refractivity contribution is -0.116. The number of thioether (sulfide) groups is 1. The van der Waals surface area contributed by atoms with Gasteiger partial charge in [-0.1, -0.05) is 53.3 Å². The van der Waals surface area contributed by atoms with Crippen LogP contribution in [-0.2, 0) is 11.3 Å². The van der Waals surface area contributed by atoms with E-state index in [1.165, 1.54) is 36.2 Å². The van der Waals surface area contributed by atoms with Crippen LogP contribution < -0.4 is 10.2 Å². The normalized spacial score (nSPS) is 27.3. The van der Waals surface area contributed by atoms with Gasteiger partial charge in [0.2, 0.25) is 5.91 Å². The molecule has 2 heterocycles. The van der Waals surface area contributed by atoms with Gasteiger partial charge in [0.15, 0.2) is 0 Å². The second-order valence-corrected chi connectivity index (χ2v) is 12.1. The Morgan fingerprint density at radius 1 is 1.12 bits per heavy atom. The van der Waals surface area contributed by atoms with Crippen LogP contribution in [0.1, 0.15) is 41.2 Å². The zero-order chi connectivity index (χ0) is 22.7. The van der Waals surface area contributed by atoms with Gasteiger partial charge in [0, 0.05) is 26.8 Å². The Morgan fingerprint density at radius 3 is 2.67 bits per heavy atom. The number of nitrogens with one attached hydrogen (secondary N) is 1. The molecule has 170 valence electrons. The van der Waals surface area contributed by atoms with E-state index in [2.05, 4.69) is 17.4 Å². The molecule has 1 aromatic heterocycles. The van der Waals surface area contributed by atoms with Crippen LogP contribution >= 0.6 is 34.7 Å². The highest BCUT2D eigenvalue weighted by Crippen LogP contribution is 2.64. The first kappa shape index (κ1) is 21.5. The Bertz CT molecular complexity index is 1280. The summed E-state index contributed by atoms with van der Waals surface area (Å²) in [6, 6.07) is 15.9. The minimum atomic E-state index is -0.161. The summed E-state index contributed by atoms with van der Waals surface area (Å²) in [6.45, 7) is 2.01. The highest BCUT2D eigenvalue weighted by atomic mass is 35.5. The Morgan fingerprint density at radius 2 is 1.88 bits per heavy atom. The number of carbonyl (C=O) groups is 1. The van der Waals surface area contributed by atoms with E-state index < -0.39 is 0 Å². The average Bonchev–Trinajstić information content (AvgIpc) is 3.49. The van der Waals surface area contributed by atoms with Gasteiger partial charge < -0.3 is 5.32 Å². The SMILES string of the molecule is Cc1ccccc1NC(=O)Cn1c2c(sc1=O)[C@@H](c1ccc(Cl)cc1)C1C3CCC(C3)C1S2. The molecular weight excluding hydrogens is 472 g/mol. The maximum Gasteiger partial charge on any atom is 0.308 e. The van der Waals surface area contributed by atoms with Gasteiger partial charge in [-0.2, -0.15) is 0 Å². The van der Waals surface area contributed by atoms with Crippen molar-refractivity contribution in [2.45, 2.75) is 48.9 Å². The number of benzene rings is 2. The molecule has 7 heteroatoms. The first-order chi connectivity index (χ1) is 16.0. The van der Waals surface area contributed by atoms with Gasteiger partial charge in [-0.25, -0.2) is 0 Å². The number of para-hydroxylation sites is 1. The van der Waals surface area contributed by atoms with Gasteiger partial charge in [0.1, 0.15) is 6.54 Å². The molecule has 2 fully saturated rings. The highest BCUT2D eigenvalue weighted by Gasteiger charge is 2.55. The molecule has 5 atom stereocenters. The average molecular weight is 497 g/mol. The molecule has 0 radical (unpaired) electrons. The summed E-state index contributed by atoms with van der Waals surface area (Å²) in [5.41, 5.74) is 3.04. The summed E-state index contributed by atoms with van der Waals surface area (Å²) in [5.74, 6) is 2.02. The van der Waals surface area contributed by atoms with Crippen molar-refractivity contribution in [1.29, 1.82) is 0 Å². The number of carbonyl (C=O) groups excluding carboxylic acids is 1. The number of anilines is 1. The van der Waals surface area contributed by atoms with Crippen molar-refractivity contribution >= 4 is 46.3 Å². The van der Waals surface area contributed by atoms with Gasteiger partial charge in [-0.05, 0) is 73.3 Å². The first-order valence-electron chi connectivity index (χ1n) is 11.5. The van der Waals surface area contributed by atoms with Crippen LogP contribution in [0.25, 0.3) is 0 Å². The predicted molar refractivity (Wildman–Crippen MR) is 136 cm³/mol. The van der Waals surface area contributed by atoms with Gasteiger partial charge in [0.05, 0.1) is 5.03 Å². The molecular formula is C26H25ClN2O2S2. The number of aryl methyl sites for hydroxylation is 1. The summed E-state index contributed by atoms with van der Waals surface area (Å²) in [7, 11) is 0. The zero-order valence-electron chi connectivity index (χ0n) is 18.3. The van der Waals surface area contributed by atoms with Gasteiger partial charge in [-0.3, -0.25) is 14.2 Å². The number of hydrogen-bond donors (Lipinski definition) is 1. The fourth-order valence-corrected chi connectivity index (χ4v) is 9.45. The molecule has 3 aromatic rings. The number of hydrogen-bond acceptors (Lipinski definition) is 4. The van der Waals surface area contributed by atoms with Crippen LogP contribution in [0.5, 0.6) is 0 Å². The van der Waals surface area contributed by atoms with Crippen LogP contribution in [0.3, 0.4) is 0 Å². The van der Waals surface area contributed by atoms with Crippen LogP contribution in [0, 0.1) is 24.7 Å². The largest absolute Gasteiger partial charge is 0.324 e. The quantitative estimate of drug-likeness (QED) is 0.470. The second kappa shape index (κ2) is 8.33. The van der Waals surface area contributed by atoms with Gasteiger partial charge >= 0.3 is 4.87 Å². The van der Waals surface area contributed by atoms with Crippen molar-refractivity contribution in [2.75, 3.05) is 5.32 Å². The van der Waals surface area contributed by atoms with Crippen LogP contribution in [0.15, 0.2) is 58.4 Å². The summed E-state index contributed by atoms with van der Waals surface area (Å²) >= 11 is 9.37. The van der Waals surface area contributed by atoms with Crippen molar-refractivity contribution in [3.63, 3.8) is 0 Å². The van der Waals surface area contributed by atoms with Crippen molar-refractivity contribution in [2.24, 2.45) is 17.8 Å². The number of fused-ring (bicyclic) bond motifs is 6. The van der Waals surface area contributed by atoms with E-state index in [0.29, 0.717) is 17.1 Å². The molecule has 2 aromatic carbocycles. The number of rotatable bonds is 4. The number of thiazole rings is 1. The zero-order valence-corrected chi connectivity index (χ0v) is 20.7. The molecule has 2 bridgehead atoms. The number of halogens is 1. The molecule has 4 unspecified atom stereocenters. The van der Waals surface area contributed by atoms with E-state index in [4.69, 9.17) is 11.6 Å². The maximum atomic E-state index is 13.2. The van der Waals surface area contributed by atoms with Crippen LogP contribution in [0.2, 0.25) is 5.02 Å². The third-order valence-corrected chi connectivity index (χ3v) is 10.7. The van der Waals surface area contributed by atoms with E-state index in [0.717, 1.165) is 32.1 Å². The number of nitrogens with zero attached hydrogens (tertiary/aromatic N) is 1. The Kier molecular flexibility index (Phi) is 5.43. The lowest BCUT2D eigenvalue weighted by Gasteiger charge is -2.40. The Balaban J connectivity index is 1.37. The van der Waals surface area contributed by atoms with Crippen molar-refractivity contribution in [3.8, 4) is 0 Å².